The van der Waals surface area contributed by atoms with E-state index in [-0.39, 0.29) is 16.8 Å². The van der Waals surface area contributed by atoms with Crippen molar-refractivity contribution in [2.24, 2.45) is 0 Å². The van der Waals surface area contributed by atoms with Crippen LogP contribution in [0.15, 0.2) is 64.3 Å². The molecule has 2 aromatic heterocycles. The maximum absolute atomic E-state index is 13.6. The van der Waals surface area contributed by atoms with Crippen molar-refractivity contribution in [3.05, 3.63) is 92.3 Å². The maximum Gasteiger partial charge on any atom is 0.297 e. The van der Waals surface area contributed by atoms with Crippen molar-refractivity contribution < 1.29 is 13.9 Å². The summed E-state index contributed by atoms with van der Waals surface area (Å²) in [6.45, 7) is 5.96. The van der Waals surface area contributed by atoms with Gasteiger partial charge in [-0.3, -0.25) is 14.5 Å². The highest BCUT2D eigenvalue weighted by molar-refractivity contribution is 7.15. The van der Waals surface area contributed by atoms with Gasteiger partial charge in [0.2, 0.25) is 10.9 Å². The highest BCUT2D eigenvalue weighted by Gasteiger charge is 2.45. The summed E-state index contributed by atoms with van der Waals surface area (Å²) < 4.78 is 11.6. The van der Waals surface area contributed by atoms with Gasteiger partial charge in [0, 0.05) is 5.02 Å². The van der Waals surface area contributed by atoms with Gasteiger partial charge in [0.15, 0.2) is 5.43 Å². The number of hydrogen-bond donors (Lipinski definition) is 0. The molecule has 0 radical (unpaired) electrons. The third-order valence-corrected chi connectivity index (χ3v) is 6.64. The number of anilines is 1. The van der Waals surface area contributed by atoms with Gasteiger partial charge in [-0.2, -0.15) is 0 Å². The van der Waals surface area contributed by atoms with Gasteiger partial charge < -0.3 is 9.15 Å². The highest BCUT2D eigenvalue weighted by atomic mass is 35.5. The molecule has 0 aliphatic carbocycles. The summed E-state index contributed by atoms with van der Waals surface area (Å²) in [5.74, 6) is 0.138. The molecule has 1 aliphatic rings. The standard InChI is InChI=1S/C24H18ClN3O4S/c1-3-10-31-15-7-5-6-13(11-15)20-19-21(29)16-12-14(25)8-9-17(16)32-22(19)23(30)28(20)24-27-26-18(4-2)33-24/h3,5-9,11-12,20H,1,4,10H2,2H3/t20-/m0/s1. The van der Waals surface area contributed by atoms with Crippen LogP contribution in [0.3, 0.4) is 0 Å². The molecule has 0 spiro atoms. The number of rotatable bonds is 6. The molecule has 0 saturated carbocycles. The molecule has 4 aromatic rings. The second kappa shape index (κ2) is 8.46. The van der Waals surface area contributed by atoms with Crippen molar-refractivity contribution in [3.63, 3.8) is 0 Å². The fourth-order valence-corrected chi connectivity index (χ4v) is 4.85. The largest absolute Gasteiger partial charge is 0.490 e. The molecule has 1 atom stereocenters. The minimum atomic E-state index is -0.753. The van der Waals surface area contributed by atoms with E-state index in [2.05, 4.69) is 16.8 Å². The molecule has 0 unspecified atom stereocenters. The Kier molecular flexibility index (Phi) is 5.47. The molecule has 1 amide bonds. The van der Waals surface area contributed by atoms with Crippen LogP contribution in [0.25, 0.3) is 11.0 Å². The third-order valence-electron chi connectivity index (χ3n) is 5.34. The lowest BCUT2D eigenvalue weighted by molar-refractivity contribution is 0.0970. The molecule has 9 heteroatoms. The number of carbonyl (C=O) groups is 1. The Balaban J connectivity index is 1.75. The number of carbonyl (C=O) groups excluding carboxylic acids is 1. The Bertz CT molecular complexity index is 1460. The van der Waals surface area contributed by atoms with Gasteiger partial charge >= 0.3 is 0 Å². The molecule has 3 heterocycles. The number of aryl methyl sites for hydroxylation is 1. The van der Waals surface area contributed by atoms with E-state index in [0.717, 1.165) is 5.01 Å². The monoisotopic (exact) mass is 479 g/mol. The predicted octanol–water partition coefficient (Wildman–Crippen LogP) is 5.17. The number of hydrogen-bond acceptors (Lipinski definition) is 7. The number of aromatic nitrogens is 2. The number of amides is 1. The topological polar surface area (TPSA) is 85.5 Å². The number of ether oxygens (including phenoxy) is 1. The fraction of sp³-hybridized carbons (Fsp3) is 0.167. The van der Waals surface area contributed by atoms with E-state index < -0.39 is 11.9 Å². The Morgan fingerprint density at radius 1 is 1.24 bits per heavy atom. The summed E-state index contributed by atoms with van der Waals surface area (Å²) in [5, 5.41) is 10.3. The van der Waals surface area contributed by atoms with Crippen molar-refractivity contribution in [2.75, 3.05) is 11.5 Å². The lowest BCUT2D eigenvalue weighted by Gasteiger charge is -2.22. The minimum Gasteiger partial charge on any atom is -0.490 e. The summed E-state index contributed by atoms with van der Waals surface area (Å²) in [7, 11) is 0. The Labute approximate surface area is 197 Å². The second-order valence-electron chi connectivity index (χ2n) is 7.40. The first-order valence-corrected chi connectivity index (χ1v) is 11.5. The smallest absolute Gasteiger partial charge is 0.297 e. The van der Waals surface area contributed by atoms with E-state index >= 15 is 0 Å². The van der Waals surface area contributed by atoms with Crippen LogP contribution in [0.5, 0.6) is 5.75 Å². The zero-order chi connectivity index (χ0) is 23.1. The zero-order valence-electron chi connectivity index (χ0n) is 17.6. The number of halogens is 1. The van der Waals surface area contributed by atoms with E-state index in [1.807, 2.05) is 19.1 Å². The van der Waals surface area contributed by atoms with Crippen molar-refractivity contribution in [3.8, 4) is 5.75 Å². The van der Waals surface area contributed by atoms with Crippen LogP contribution < -0.4 is 15.1 Å². The molecule has 0 N–H and O–H groups in total. The van der Waals surface area contributed by atoms with Crippen molar-refractivity contribution in [2.45, 2.75) is 19.4 Å². The van der Waals surface area contributed by atoms with E-state index in [0.29, 0.717) is 45.5 Å². The van der Waals surface area contributed by atoms with Crippen molar-refractivity contribution >= 4 is 44.9 Å². The lowest BCUT2D eigenvalue weighted by Crippen LogP contribution is -2.29. The van der Waals surface area contributed by atoms with E-state index in [1.165, 1.54) is 16.2 Å². The molecule has 33 heavy (non-hydrogen) atoms. The first-order chi connectivity index (χ1) is 16.0. The zero-order valence-corrected chi connectivity index (χ0v) is 19.2. The molecule has 7 nitrogen and oxygen atoms in total. The predicted molar refractivity (Wildman–Crippen MR) is 128 cm³/mol. The van der Waals surface area contributed by atoms with Crippen LogP contribution in [-0.2, 0) is 6.42 Å². The molecule has 166 valence electrons. The molecule has 2 aromatic carbocycles. The van der Waals surface area contributed by atoms with Crippen molar-refractivity contribution in [1.82, 2.24) is 10.2 Å². The Hall–Kier alpha value is -3.49. The number of nitrogens with zero attached hydrogens (tertiary/aromatic N) is 3. The van der Waals surface area contributed by atoms with Crippen molar-refractivity contribution in [1.29, 1.82) is 0 Å². The Morgan fingerprint density at radius 3 is 2.85 bits per heavy atom. The van der Waals surface area contributed by atoms with Crippen LogP contribution in [0.1, 0.15) is 39.7 Å². The Morgan fingerprint density at radius 2 is 2.09 bits per heavy atom. The summed E-state index contributed by atoms with van der Waals surface area (Å²) in [6.07, 6.45) is 2.33. The van der Waals surface area contributed by atoms with Crippen LogP contribution in [0, 0.1) is 0 Å². The average Bonchev–Trinajstić information content (AvgIpc) is 3.41. The minimum absolute atomic E-state index is 0.00881. The molecule has 5 rings (SSSR count). The van der Waals surface area contributed by atoms with Crippen LogP contribution in [0.2, 0.25) is 5.02 Å². The normalized spacial score (nSPS) is 15.2. The maximum atomic E-state index is 13.6. The first kappa shape index (κ1) is 21.4. The van der Waals surface area contributed by atoms with Gasteiger partial charge in [-0.05, 0) is 42.3 Å². The third kappa shape index (κ3) is 3.61. The molecule has 1 aliphatic heterocycles. The summed E-state index contributed by atoms with van der Waals surface area (Å²) in [6, 6.07) is 11.3. The fourth-order valence-electron chi connectivity index (χ4n) is 3.87. The molecule has 0 fully saturated rings. The quantitative estimate of drug-likeness (QED) is 0.354. The molecular weight excluding hydrogens is 462 g/mol. The van der Waals surface area contributed by atoms with E-state index in [9.17, 15) is 9.59 Å². The van der Waals surface area contributed by atoms with E-state index in [4.69, 9.17) is 20.8 Å². The molecule has 0 bridgehead atoms. The van der Waals surface area contributed by atoms with Gasteiger partial charge in [0.25, 0.3) is 5.91 Å². The first-order valence-electron chi connectivity index (χ1n) is 10.3. The van der Waals surface area contributed by atoms with Crippen LogP contribution >= 0.6 is 22.9 Å². The molecular formula is C24H18ClN3O4S. The SMILES string of the molecule is C=CCOc1cccc([C@H]2c3c(oc4ccc(Cl)cc4c3=O)C(=O)N2c2nnc(CC)s2)c1. The molecule has 0 saturated heterocycles. The highest BCUT2D eigenvalue weighted by Crippen LogP contribution is 2.42. The number of fused-ring (bicyclic) bond motifs is 2. The van der Waals surface area contributed by atoms with Gasteiger partial charge in [-0.25, -0.2) is 0 Å². The number of benzene rings is 2. The van der Waals surface area contributed by atoms with Gasteiger partial charge in [-0.1, -0.05) is 54.6 Å². The summed E-state index contributed by atoms with van der Waals surface area (Å²) in [5.41, 5.74) is 0.911. The van der Waals surface area contributed by atoms with Crippen LogP contribution in [0.4, 0.5) is 5.13 Å². The van der Waals surface area contributed by atoms with Crippen LogP contribution in [-0.4, -0.2) is 22.7 Å². The lowest BCUT2D eigenvalue weighted by atomic mass is 9.98. The summed E-state index contributed by atoms with van der Waals surface area (Å²) in [4.78, 5) is 28.7. The second-order valence-corrected chi connectivity index (χ2v) is 8.87. The van der Waals surface area contributed by atoms with Gasteiger partial charge in [0.05, 0.1) is 17.0 Å². The summed E-state index contributed by atoms with van der Waals surface area (Å²) >= 11 is 7.44. The average molecular weight is 480 g/mol. The van der Waals surface area contributed by atoms with E-state index in [1.54, 1.807) is 36.4 Å². The van der Waals surface area contributed by atoms with Gasteiger partial charge in [0.1, 0.15) is 22.9 Å². The van der Waals surface area contributed by atoms with Gasteiger partial charge in [-0.15, -0.1) is 10.2 Å².